The van der Waals surface area contributed by atoms with E-state index in [1.165, 1.54) is 0 Å². The van der Waals surface area contributed by atoms with Crippen LogP contribution in [0.4, 0.5) is 13.2 Å². The number of carbonyl (C=O) groups is 1. The van der Waals surface area contributed by atoms with Crippen molar-refractivity contribution in [3.63, 3.8) is 0 Å². The number of rotatable bonds is 2. The number of phenols is 1. The van der Waals surface area contributed by atoms with E-state index in [0.717, 1.165) is 10.5 Å². The van der Waals surface area contributed by atoms with Gasteiger partial charge < -0.3 is 10.0 Å². The molecule has 1 N–H and O–H groups in total. The van der Waals surface area contributed by atoms with Crippen molar-refractivity contribution in [2.75, 3.05) is 13.1 Å². The van der Waals surface area contributed by atoms with Gasteiger partial charge in [0.15, 0.2) is 0 Å². The first-order valence-electron chi connectivity index (χ1n) is 6.64. The van der Waals surface area contributed by atoms with Crippen LogP contribution in [0.15, 0.2) is 24.8 Å². The molecule has 0 aromatic heterocycles. The third-order valence-corrected chi connectivity index (χ3v) is 3.64. The molecule has 1 aliphatic rings. The highest BCUT2D eigenvalue weighted by Crippen LogP contribution is 2.30. The van der Waals surface area contributed by atoms with E-state index in [9.17, 15) is 23.1 Å². The van der Waals surface area contributed by atoms with Gasteiger partial charge in [-0.3, -0.25) is 4.79 Å². The van der Waals surface area contributed by atoms with Gasteiger partial charge in [0.1, 0.15) is 5.75 Å². The van der Waals surface area contributed by atoms with E-state index < -0.39 is 12.1 Å². The second kappa shape index (κ2) is 5.79. The van der Waals surface area contributed by atoms with Crippen LogP contribution in [0.2, 0.25) is 0 Å². The predicted molar refractivity (Wildman–Crippen MR) is 72.1 cm³/mol. The summed E-state index contributed by atoms with van der Waals surface area (Å²) in [6.45, 7) is 3.56. The fourth-order valence-electron chi connectivity index (χ4n) is 2.56. The third-order valence-electron chi connectivity index (χ3n) is 3.64. The largest absolute Gasteiger partial charge is 0.507 e. The van der Waals surface area contributed by atoms with Crippen molar-refractivity contribution in [3.8, 4) is 5.75 Å². The Morgan fingerprint density at radius 1 is 1.33 bits per heavy atom. The van der Waals surface area contributed by atoms with E-state index in [1.54, 1.807) is 18.2 Å². The molecular formula is C15H16F3NO2. The molecule has 2 rings (SSSR count). The molecule has 0 aliphatic carbocycles. The molecule has 0 atom stereocenters. The Hall–Kier alpha value is -1.98. The number of alkyl halides is 3. The lowest BCUT2D eigenvalue weighted by atomic mass is 9.97. The molecule has 1 aliphatic heterocycles. The van der Waals surface area contributed by atoms with Gasteiger partial charge in [0, 0.05) is 13.1 Å². The number of fused-ring (bicyclic) bond motifs is 1. The minimum absolute atomic E-state index is 0.00554. The molecular weight excluding hydrogens is 283 g/mol. The normalized spacial score (nSPS) is 15.3. The molecule has 0 spiro atoms. The van der Waals surface area contributed by atoms with E-state index in [1.807, 2.05) is 0 Å². The molecule has 1 amide bonds. The summed E-state index contributed by atoms with van der Waals surface area (Å²) < 4.78 is 37.5. The summed E-state index contributed by atoms with van der Waals surface area (Å²) >= 11 is 0. The van der Waals surface area contributed by atoms with Gasteiger partial charge >= 0.3 is 12.1 Å². The fourth-order valence-corrected chi connectivity index (χ4v) is 2.56. The van der Waals surface area contributed by atoms with Gasteiger partial charge in [-0.15, -0.1) is 6.58 Å². The number of hydrogen-bond donors (Lipinski definition) is 1. The number of halogens is 3. The van der Waals surface area contributed by atoms with Crippen LogP contribution < -0.4 is 0 Å². The molecule has 0 radical (unpaired) electrons. The van der Waals surface area contributed by atoms with Crippen LogP contribution in [0.1, 0.15) is 16.7 Å². The molecule has 1 aromatic rings. The monoisotopic (exact) mass is 299 g/mol. The van der Waals surface area contributed by atoms with Crippen molar-refractivity contribution in [2.45, 2.75) is 25.4 Å². The minimum atomic E-state index is -4.85. The first-order chi connectivity index (χ1) is 9.84. The van der Waals surface area contributed by atoms with Gasteiger partial charge in [-0.1, -0.05) is 18.2 Å². The first kappa shape index (κ1) is 15.4. The molecule has 0 saturated heterocycles. The second-order valence-corrected chi connectivity index (χ2v) is 4.99. The highest BCUT2D eigenvalue weighted by molar-refractivity contribution is 5.82. The fraction of sp³-hybridized carbons (Fsp3) is 0.400. The summed E-state index contributed by atoms with van der Waals surface area (Å²) in [4.78, 5) is 12.1. The van der Waals surface area contributed by atoms with E-state index >= 15 is 0 Å². The molecule has 0 saturated carbocycles. The molecule has 114 valence electrons. The standard InChI is InChI=1S/C15H16F3NO2/c1-2-3-11-5-4-10-6-8-19(14(21)15(16,17)18)9-7-12(10)13(11)20/h2,4-5,20H,1,3,6-9H2. The van der Waals surface area contributed by atoms with Crippen LogP contribution in [-0.2, 0) is 24.1 Å². The smallest absolute Gasteiger partial charge is 0.471 e. The molecule has 0 unspecified atom stereocenters. The lowest BCUT2D eigenvalue weighted by molar-refractivity contribution is -0.185. The topological polar surface area (TPSA) is 40.5 Å². The number of allylic oxidation sites excluding steroid dienone is 1. The number of phenolic OH excluding ortho intramolecular Hbond substituents is 1. The number of benzene rings is 1. The molecule has 0 fully saturated rings. The van der Waals surface area contributed by atoms with Gasteiger partial charge in [-0.05, 0) is 36.0 Å². The van der Waals surface area contributed by atoms with Crippen LogP contribution in [-0.4, -0.2) is 35.2 Å². The summed E-state index contributed by atoms with van der Waals surface area (Å²) in [6, 6.07) is 3.55. The number of nitrogens with zero attached hydrogens (tertiary/aromatic N) is 1. The zero-order valence-electron chi connectivity index (χ0n) is 11.4. The maximum atomic E-state index is 12.5. The number of amides is 1. The second-order valence-electron chi connectivity index (χ2n) is 4.99. The van der Waals surface area contributed by atoms with Gasteiger partial charge in [0.05, 0.1) is 0 Å². The van der Waals surface area contributed by atoms with E-state index in [2.05, 4.69) is 6.58 Å². The van der Waals surface area contributed by atoms with Crippen LogP contribution in [0.3, 0.4) is 0 Å². The molecule has 6 heteroatoms. The van der Waals surface area contributed by atoms with E-state index in [4.69, 9.17) is 0 Å². The van der Waals surface area contributed by atoms with Crippen LogP contribution in [0.25, 0.3) is 0 Å². The maximum Gasteiger partial charge on any atom is 0.471 e. The van der Waals surface area contributed by atoms with Crippen molar-refractivity contribution in [2.24, 2.45) is 0 Å². The first-order valence-corrected chi connectivity index (χ1v) is 6.64. The molecule has 3 nitrogen and oxygen atoms in total. The highest BCUT2D eigenvalue weighted by atomic mass is 19.4. The molecule has 0 bridgehead atoms. The summed E-state index contributed by atoms with van der Waals surface area (Å²) in [5, 5.41) is 10.2. The van der Waals surface area contributed by atoms with Crippen LogP contribution in [0, 0.1) is 0 Å². The lowest BCUT2D eigenvalue weighted by Crippen LogP contribution is -2.42. The Morgan fingerprint density at radius 3 is 2.62 bits per heavy atom. The van der Waals surface area contributed by atoms with Crippen LogP contribution >= 0.6 is 0 Å². The molecule has 1 heterocycles. The Morgan fingerprint density at radius 2 is 2.00 bits per heavy atom. The molecule has 1 aromatic carbocycles. The quantitative estimate of drug-likeness (QED) is 0.853. The summed E-state index contributed by atoms with van der Waals surface area (Å²) in [5.74, 6) is -1.71. The van der Waals surface area contributed by atoms with Crippen molar-refractivity contribution in [1.29, 1.82) is 0 Å². The Balaban J connectivity index is 2.23. The average Bonchev–Trinajstić information content (AvgIpc) is 2.63. The van der Waals surface area contributed by atoms with Crippen molar-refractivity contribution >= 4 is 5.91 Å². The SMILES string of the molecule is C=CCc1ccc2c(c1O)CCN(C(=O)C(F)(F)F)CC2. The third kappa shape index (κ3) is 3.20. The maximum absolute atomic E-state index is 12.5. The number of aromatic hydroxyl groups is 1. The highest BCUT2D eigenvalue weighted by Gasteiger charge is 2.42. The van der Waals surface area contributed by atoms with E-state index in [0.29, 0.717) is 24.0 Å². The summed E-state index contributed by atoms with van der Waals surface area (Å²) in [5.41, 5.74) is 2.11. The van der Waals surface area contributed by atoms with Gasteiger partial charge in [0.2, 0.25) is 0 Å². The van der Waals surface area contributed by atoms with Crippen molar-refractivity contribution < 1.29 is 23.1 Å². The zero-order chi connectivity index (χ0) is 15.6. The summed E-state index contributed by atoms with van der Waals surface area (Å²) in [7, 11) is 0. The van der Waals surface area contributed by atoms with Crippen molar-refractivity contribution in [3.05, 3.63) is 41.5 Å². The van der Waals surface area contributed by atoms with E-state index in [-0.39, 0.29) is 25.3 Å². The Kier molecular flexibility index (Phi) is 4.25. The van der Waals surface area contributed by atoms with Gasteiger partial charge in [-0.25, -0.2) is 0 Å². The Bertz CT molecular complexity index is 567. The van der Waals surface area contributed by atoms with Gasteiger partial charge in [0.25, 0.3) is 0 Å². The van der Waals surface area contributed by atoms with Gasteiger partial charge in [-0.2, -0.15) is 13.2 Å². The number of hydrogen-bond acceptors (Lipinski definition) is 2. The van der Waals surface area contributed by atoms with Crippen molar-refractivity contribution in [1.82, 2.24) is 4.90 Å². The predicted octanol–water partition coefficient (Wildman–Crippen LogP) is 2.61. The number of carbonyl (C=O) groups excluding carboxylic acids is 1. The lowest BCUT2D eigenvalue weighted by Gasteiger charge is -2.21. The Labute approximate surface area is 120 Å². The van der Waals surface area contributed by atoms with Crippen LogP contribution in [0.5, 0.6) is 5.75 Å². The minimum Gasteiger partial charge on any atom is -0.507 e. The zero-order valence-corrected chi connectivity index (χ0v) is 11.4. The average molecular weight is 299 g/mol. The summed E-state index contributed by atoms with van der Waals surface area (Å²) in [6.07, 6.45) is -2.19. The molecule has 21 heavy (non-hydrogen) atoms.